The lowest BCUT2D eigenvalue weighted by Crippen LogP contribution is -1.82. The van der Waals surface area contributed by atoms with E-state index < -0.39 is 0 Å². The summed E-state index contributed by atoms with van der Waals surface area (Å²) in [5.74, 6) is 0. The van der Waals surface area contributed by atoms with Crippen LogP contribution in [0.3, 0.4) is 0 Å². The molecule has 0 aromatic carbocycles. The summed E-state index contributed by atoms with van der Waals surface area (Å²) in [6.07, 6.45) is 32.3. The third-order valence-corrected chi connectivity index (χ3v) is 3.72. The second-order valence-corrected chi connectivity index (χ2v) is 5.98. The van der Waals surface area contributed by atoms with Gasteiger partial charge < -0.3 is 5.11 Å². The minimum Gasteiger partial charge on any atom is -0.396 e. The first-order chi connectivity index (χ1) is 11.4. The van der Waals surface area contributed by atoms with E-state index in [1.54, 1.807) is 0 Å². The van der Waals surface area contributed by atoms with Gasteiger partial charge in [0, 0.05) is 6.61 Å². The molecule has 0 atom stereocenters. The number of rotatable bonds is 16. The van der Waals surface area contributed by atoms with Crippen LogP contribution in [0.1, 0.15) is 84.0 Å². The van der Waals surface area contributed by atoms with Crippen LogP contribution in [0.25, 0.3) is 0 Å². The third-order valence-electron chi connectivity index (χ3n) is 3.72. The minimum atomic E-state index is 0.344. The molecule has 0 heterocycles. The molecule has 0 aliphatic rings. The molecular weight excluding hydrogens is 280 g/mol. The Bertz CT molecular complexity index is 323. The van der Waals surface area contributed by atoms with Crippen molar-refractivity contribution in [3.63, 3.8) is 0 Å². The Hall–Kier alpha value is -1.08. The molecule has 1 heteroatoms. The van der Waals surface area contributed by atoms with E-state index in [9.17, 15) is 0 Å². The van der Waals surface area contributed by atoms with Crippen LogP contribution in [-0.4, -0.2) is 11.7 Å². The molecule has 0 aromatic rings. The number of allylic oxidation sites excluding steroid dienone is 8. The summed E-state index contributed by atoms with van der Waals surface area (Å²) in [6, 6.07) is 0. The SMILES string of the molecule is CC/C=C\C/C=C\C/C=C\CCCC/C=C\CCCCCCO. The molecule has 132 valence electrons. The van der Waals surface area contributed by atoms with Crippen molar-refractivity contribution in [1.29, 1.82) is 0 Å². The van der Waals surface area contributed by atoms with Crippen molar-refractivity contribution < 1.29 is 5.11 Å². The molecule has 0 amide bonds. The lowest BCUT2D eigenvalue weighted by Gasteiger charge is -1.96. The Morgan fingerprint density at radius 3 is 1.52 bits per heavy atom. The van der Waals surface area contributed by atoms with Gasteiger partial charge in [-0.1, -0.05) is 68.4 Å². The van der Waals surface area contributed by atoms with Gasteiger partial charge in [0.2, 0.25) is 0 Å². The summed E-state index contributed by atoms with van der Waals surface area (Å²) in [4.78, 5) is 0. The fraction of sp³-hybridized carbons (Fsp3) is 0.636. The highest BCUT2D eigenvalue weighted by Gasteiger charge is 1.87. The standard InChI is InChI=1S/C22H38O/c1-2-3-4-5-6-7-8-9-10-11-12-13-14-15-16-17-18-19-20-21-22-23/h3-4,6-7,9-10,15-16,23H,2,5,8,11-14,17-22H2,1H3/b4-3-,7-6-,10-9-,16-15-. The summed E-state index contributed by atoms with van der Waals surface area (Å²) in [5.41, 5.74) is 0. The van der Waals surface area contributed by atoms with Crippen LogP contribution in [0.4, 0.5) is 0 Å². The zero-order chi connectivity index (χ0) is 16.8. The molecule has 0 aliphatic heterocycles. The maximum absolute atomic E-state index is 8.69. The maximum atomic E-state index is 8.69. The molecule has 0 bridgehead atoms. The number of aliphatic hydroxyl groups is 1. The first kappa shape index (κ1) is 21.9. The molecule has 0 spiro atoms. The van der Waals surface area contributed by atoms with Gasteiger partial charge in [0.15, 0.2) is 0 Å². The van der Waals surface area contributed by atoms with E-state index >= 15 is 0 Å². The van der Waals surface area contributed by atoms with Gasteiger partial charge in [-0.05, 0) is 64.2 Å². The molecular formula is C22H38O. The Labute approximate surface area is 144 Å². The predicted octanol–water partition coefficient (Wildman–Crippen LogP) is 6.90. The Balaban J connectivity index is 3.25. The lowest BCUT2D eigenvalue weighted by atomic mass is 10.1. The largest absolute Gasteiger partial charge is 0.396 e. The Morgan fingerprint density at radius 1 is 0.522 bits per heavy atom. The number of hydrogen-bond acceptors (Lipinski definition) is 1. The smallest absolute Gasteiger partial charge is 0.0431 e. The van der Waals surface area contributed by atoms with Crippen molar-refractivity contribution in [1.82, 2.24) is 0 Å². The quantitative estimate of drug-likeness (QED) is 0.242. The molecule has 23 heavy (non-hydrogen) atoms. The summed E-state index contributed by atoms with van der Waals surface area (Å²) in [7, 11) is 0. The van der Waals surface area contributed by atoms with Gasteiger partial charge in [0.05, 0.1) is 0 Å². The van der Waals surface area contributed by atoms with Crippen LogP contribution in [-0.2, 0) is 0 Å². The fourth-order valence-electron chi connectivity index (χ4n) is 2.31. The summed E-state index contributed by atoms with van der Waals surface area (Å²) < 4.78 is 0. The Kier molecular flexibility index (Phi) is 19.9. The van der Waals surface area contributed by atoms with Gasteiger partial charge in [0.1, 0.15) is 0 Å². The van der Waals surface area contributed by atoms with Crippen molar-refractivity contribution in [2.45, 2.75) is 84.0 Å². The maximum Gasteiger partial charge on any atom is 0.0431 e. The zero-order valence-electron chi connectivity index (χ0n) is 15.3. The minimum absolute atomic E-state index is 0.344. The van der Waals surface area contributed by atoms with Crippen LogP contribution in [0, 0.1) is 0 Å². The monoisotopic (exact) mass is 318 g/mol. The summed E-state index contributed by atoms with van der Waals surface area (Å²) >= 11 is 0. The van der Waals surface area contributed by atoms with Gasteiger partial charge >= 0.3 is 0 Å². The van der Waals surface area contributed by atoms with E-state index in [4.69, 9.17) is 5.11 Å². The van der Waals surface area contributed by atoms with Crippen molar-refractivity contribution in [2.75, 3.05) is 6.61 Å². The van der Waals surface area contributed by atoms with E-state index in [-0.39, 0.29) is 0 Å². The second-order valence-electron chi connectivity index (χ2n) is 5.98. The average molecular weight is 319 g/mol. The summed E-state index contributed by atoms with van der Waals surface area (Å²) in [6.45, 7) is 2.51. The molecule has 0 saturated heterocycles. The highest BCUT2D eigenvalue weighted by Crippen LogP contribution is 2.06. The van der Waals surface area contributed by atoms with Gasteiger partial charge in [-0.25, -0.2) is 0 Å². The van der Waals surface area contributed by atoms with Gasteiger partial charge in [-0.3, -0.25) is 0 Å². The van der Waals surface area contributed by atoms with Crippen LogP contribution < -0.4 is 0 Å². The fourth-order valence-corrected chi connectivity index (χ4v) is 2.31. The number of unbranched alkanes of at least 4 members (excludes halogenated alkanes) is 7. The van der Waals surface area contributed by atoms with Crippen molar-refractivity contribution in [2.24, 2.45) is 0 Å². The van der Waals surface area contributed by atoms with E-state index in [0.29, 0.717) is 6.61 Å². The lowest BCUT2D eigenvalue weighted by molar-refractivity contribution is 0.282. The molecule has 0 unspecified atom stereocenters. The van der Waals surface area contributed by atoms with E-state index in [1.807, 2.05) is 0 Å². The molecule has 0 aliphatic carbocycles. The molecule has 0 radical (unpaired) electrons. The van der Waals surface area contributed by atoms with Crippen LogP contribution in [0.5, 0.6) is 0 Å². The molecule has 1 N–H and O–H groups in total. The number of hydrogen-bond donors (Lipinski definition) is 1. The van der Waals surface area contributed by atoms with Crippen LogP contribution >= 0.6 is 0 Å². The van der Waals surface area contributed by atoms with Crippen LogP contribution in [0.2, 0.25) is 0 Å². The third kappa shape index (κ3) is 20.9. The highest BCUT2D eigenvalue weighted by atomic mass is 16.2. The zero-order valence-corrected chi connectivity index (χ0v) is 15.3. The summed E-state index contributed by atoms with van der Waals surface area (Å²) in [5, 5.41) is 8.69. The van der Waals surface area contributed by atoms with Crippen molar-refractivity contribution >= 4 is 0 Å². The highest BCUT2D eigenvalue weighted by molar-refractivity contribution is 4.97. The molecule has 0 saturated carbocycles. The molecule has 0 fully saturated rings. The van der Waals surface area contributed by atoms with Crippen molar-refractivity contribution in [3.8, 4) is 0 Å². The number of aliphatic hydroxyl groups excluding tert-OH is 1. The first-order valence-electron chi connectivity index (χ1n) is 9.62. The van der Waals surface area contributed by atoms with E-state index in [2.05, 4.69) is 55.5 Å². The predicted molar refractivity (Wildman–Crippen MR) is 105 cm³/mol. The molecule has 0 rings (SSSR count). The van der Waals surface area contributed by atoms with E-state index in [1.165, 1.54) is 51.4 Å². The van der Waals surface area contributed by atoms with Gasteiger partial charge in [-0.15, -0.1) is 0 Å². The molecule has 0 aromatic heterocycles. The topological polar surface area (TPSA) is 20.2 Å². The van der Waals surface area contributed by atoms with Gasteiger partial charge in [-0.2, -0.15) is 0 Å². The van der Waals surface area contributed by atoms with Gasteiger partial charge in [0.25, 0.3) is 0 Å². The van der Waals surface area contributed by atoms with E-state index in [0.717, 1.165) is 25.7 Å². The normalized spacial score (nSPS) is 12.6. The van der Waals surface area contributed by atoms with Crippen LogP contribution in [0.15, 0.2) is 48.6 Å². The average Bonchev–Trinajstić information content (AvgIpc) is 2.57. The Morgan fingerprint density at radius 2 is 0.957 bits per heavy atom. The van der Waals surface area contributed by atoms with Crippen molar-refractivity contribution in [3.05, 3.63) is 48.6 Å². The first-order valence-corrected chi connectivity index (χ1v) is 9.62. The second kappa shape index (κ2) is 20.9. The molecule has 1 nitrogen and oxygen atoms in total.